The van der Waals surface area contributed by atoms with E-state index in [2.05, 4.69) is 15.1 Å². The third-order valence-corrected chi connectivity index (χ3v) is 7.33. The number of hydrogen-bond donors (Lipinski definition) is 1. The molecule has 0 aliphatic carbocycles. The fourth-order valence-corrected chi connectivity index (χ4v) is 5.36. The van der Waals surface area contributed by atoms with E-state index in [1.165, 1.54) is 42.0 Å². The molecule has 39 heavy (non-hydrogen) atoms. The highest BCUT2D eigenvalue weighted by Gasteiger charge is 2.36. The molecule has 0 aliphatic rings. The molecule has 14 heteroatoms. The highest BCUT2D eigenvalue weighted by Crippen LogP contribution is 2.37. The average molecular weight is 560 g/mol. The number of nitrogen functional groups attached to an aromatic ring is 1. The van der Waals surface area contributed by atoms with Crippen LogP contribution in [0.3, 0.4) is 0 Å². The van der Waals surface area contributed by atoms with Gasteiger partial charge >= 0.3 is 0 Å². The van der Waals surface area contributed by atoms with Gasteiger partial charge in [-0.1, -0.05) is 6.07 Å². The zero-order valence-corrected chi connectivity index (χ0v) is 22.0. The van der Waals surface area contributed by atoms with E-state index in [1.807, 2.05) is 6.92 Å². The summed E-state index contributed by atoms with van der Waals surface area (Å²) in [4.78, 5) is 21.5. The molecule has 0 radical (unpaired) electrons. The molecule has 0 saturated heterocycles. The number of halogens is 3. The van der Waals surface area contributed by atoms with Gasteiger partial charge in [-0.2, -0.15) is 9.40 Å². The molecule has 1 amide bonds. The number of benzene rings is 2. The standard InChI is InChI=1S/C25H24F3N7O3S/c1-4-34-13-17(19-10-11-30-25(29)31-19)24(32-34)16-6-5-7-20(23(16)28)35(22(36)14-33(2)3)39(37,38)21-12-15(26)8-9-18(21)27/h5-13H,4,14H2,1-3H3,(H2,29,30,31). The Morgan fingerprint density at radius 3 is 2.49 bits per heavy atom. The molecule has 4 aromatic rings. The number of carbonyl (C=O) groups excluding carboxylic acids is 1. The van der Waals surface area contributed by atoms with Crippen LogP contribution in [0.4, 0.5) is 24.8 Å². The fourth-order valence-electron chi connectivity index (χ4n) is 3.86. The molecule has 10 nitrogen and oxygen atoms in total. The SMILES string of the molecule is CCn1cc(-c2ccnc(N)n2)c(-c2cccc(N(C(=O)CN(C)C)S(=O)(=O)c3cc(F)ccc3F)c2F)n1. The molecular formula is C25H24F3N7O3S. The molecule has 0 unspecified atom stereocenters. The van der Waals surface area contributed by atoms with Gasteiger partial charge in [-0.3, -0.25) is 9.48 Å². The van der Waals surface area contributed by atoms with Crippen LogP contribution in [0.1, 0.15) is 6.92 Å². The molecular weight excluding hydrogens is 535 g/mol. The van der Waals surface area contributed by atoms with Gasteiger partial charge in [-0.15, -0.1) is 0 Å². The van der Waals surface area contributed by atoms with Gasteiger partial charge in [0.15, 0.2) is 5.82 Å². The van der Waals surface area contributed by atoms with Crippen molar-refractivity contribution < 1.29 is 26.4 Å². The van der Waals surface area contributed by atoms with E-state index in [1.54, 1.807) is 12.3 Å². The number of aryl methyl sites for hydroxylation is 1. The first kappa shape index (κ1) is 27.7. The zero-order valence-electron chi connectivity index (χ0n) is 21.1. The van der Waals surface area contributed by atoms with Gasteiger partial charge in [0.25, 0.3) is 15.9 Å². The van der Waals surface area contributed by atoms with E-state index >= 15 is 4.39 Å². The van der Waals surface area contributed by atoms with Crippen molar-refractivity contribution in [1.29, 1.82) is 0 Å². The maximum Gasteiger partial charge on any atom is 0.274 e. The highest BCUT2D eigenvalue weighted by atomic mass is 32.2. The van der Waals surface area contributed by atoms with Crippen LogP contribution in [-0.4, -0.2) is 59.6 Å². The first-order chi connectivity index (χ1) is 18.4. The van der Waals surface area contributed by atoms with Crippen molar-refractivity contribution in [3.63, 3.8) is 0 Å². The Kier molecular flexibility index (Phi) is 7.70. The van der Waals surface area contributed by atoms with Crippen LogP contribution in [0.25, 0.3) is 22.5 Å². The molecule has 2 aromatic heterocycles. The summed E-state index contributed by atoms with van der Waals surface area (Å²) in [6.07, 6.45) is 3.02. The molecule has 0 aliphatic heterocycles. The van der Waals surface area contributed by atoms with Crippen molar-refractivity contribution in [2.24, 2.45) is 0 Å². The summed E-state index contributed by atoms with van der Waals surface area (Å²) in [5.41, 5.74) is 5.65. The first-order valence-electron chi connectivity index (χ1n) is 11.6. The molecule has 0 atom stereocenters. The summed E-state index contributed by atoms with van der Waals surface area (Å²) >= 11 is 0. The van der Waals surface area contributed by atoms with Crippen LogP contribution in [0.5, 0.6) is 0 Å². The Labute approximate surface area is 222 Å². The Balaban J connectivity index is 1.95. The molecule has 204 valence electrons. The van der Waals surface area contributed by atoms with Crippen molar-refractivity contribution in [2.45, 2.75) is 18.4 Å². The Hall–Kier alpha value is -4.30. The summed E-state index contributed by atoms with van der Waals surface area (Å²) in [5, 5.41) is 4.41. The van der Waals surface area contributed by atoms with Crippen molar-refractivity contribution in [1.82, 2.24) is 24.6 Å². The molecule has 2 heterocycles. The minimum atomic E-state index is -5.10. The number of nitrogens with two attached hydrogens (primary N) is 1. The molecule has 0 fully saturated rings. The van der Waals surface area contributed by atoms with Gasteiger partial charge in [0.1, 0.15) is 22.2 Å². The number of hydrogen-bond acceptors (Lipinski definition) is 8. The monoisotopic (exact) mass is 559 g/mol. The summed E-state index contributed by atoms with van der Waals surface area (Å²) in [7, 11) is -2.11. The summed E-state index contributed by atoms with van der Waals surface area (Å²) in [6, 6.07) is 7.04. The largest absolute Gasteiger partial charge is 0.368 e. The molecule has 4 rings (SSSR count). The number of amides is 1. The lowest BCUT2D eigenvalue weighted by Gasteiger charge is -2.25. The lowest BCUT2D eigenvalue weighted by atomic mass is 10.0. The number of aromatic nitrogens is 4. The van der Waals surface area contributed by atoms with Gasteiger partial charge in [0.2, 0.25) is 5.95 Å². The molecule has 0 saturated carbocycles. The van der Waals surface area contributed by atoms with Crippen LogP contribution in [0.2, 0.25) is 0 Å². The molecule has 2 aromatic carbocycles. The summed E-state index contributed by atoms with van der Waals surface area (Å²) in [6.45, 7) is 1.74. The molecule has 0 bridgehead atoms. The Morgan fingerprint density at radius 1 is 1.08 bits per heavy atom. The second-order valence-corrected chi connectivity index (χ2v) is 10.4. The average Bonchev–Trinajstić information content (AvgIpc) is 3.30. The Bertz CT molecular complexity index is 1660. The van der Waals surface area contributed by atoms with E-state index in [-0.39, 0.29) is 21.5 Å². The third kappa shape index (κ3) is 5.47. The number of likely N-dealkylation sites (N-methyl/N-ethyl adjacent to an activating group) is 1. The minimum Gasteiger partial charge on any atom is -0.368 e. The van der Waals surface area contributed by atoms with Crippen LogP contribution < -0.4 is 10.0 Å². The normalized spacial score (nSPS) is 11.7. The summed E-state index contributed by atoms with van der Waals surface area (Å²) in [5.74, 6) is -4.61. The van der Waals surface area contributed by atoms with Crippen LogP contribution in [-0.2, 0) is 21.4 Å². The smallest absolute Gasteiger partial charge is 0.274 e. The van der Waals surface area contributed by atoms with Crippen molar-refractivity contribution in [2.75, 3.05) is 30.7 Å². The maximum atomic E-state index is 16.3. The lowest BCUT2D eigenvalue weighted by molar-refractivity contribution is -0.118. The predicted molar refractivity (Wildman–Crippen MR) is 138 cm³/mol. The van der Waals surface area contributed by atoms with Gasteiger partial charge in [0.05, 0.1) is 17.9 Å². The van der Waals surface area contributed by atoms with Gasteiger partial charge in [-0.25, -0.2) is 31.6 Å². The first-order valence-corrected chi connectivity index (χ1v) is 13.0. The van der Waals surface area contributed by atoms with Crippen molar-refractivity contribution in [3.8, 4) is 22.5 Å². The van der Waals surface area contributed by atoms with Crippen LogP contribution >= 0.6 is 0 Å². The zero-order chi connectivity index (χ0) is 28.5. The number of sulfonamides is 1. The van der Waals surface area contributed by atoms with E-state index < -0.39 is 50.5 Å². The van der Waals surface area contributed by atoms with Crippen LogP contribution in [0.15, 0.2) is 59.8 Å². The number of nitrogens with zero attached hydrogens (tertiary/aromatic N) is 6. The number of anilines is 2. The highest BCUT2D eigenvalue weighted by molar-refractivity contribution is 7.93. The number of carbonyl (C=O) groups is 1. The third-order valence-electron chi connectivity index (χ3n) is 5.58. The minimum absolute atomic E-state index is 0.0272. The van der Waals surface area contributed by atoms with E-state index in [4.69, 9.17) is 5.73 Å². The topological polar surface area (TPSA) is 127 Å². The van der Waals surface area contributed by atoms with Crippen molar-refractivity contribution >= 4 is 27.6 Å². The summed E-state index contributed by atoms with van der Waals surface area (Å²) < 4.78 is 73.6. The van der Waals surface area contributed by atoms with E-state index in [0.29, 0.717) is 29.9 Å². The number of rotatable bonds is 8. The van der Waals surface area contributed by atoms with Gasteiger partial charge in [-0.05, 0) is 57.4 Å². The quantitative estimate of drug-likeness (QED) is 0.348. The maximum absolute atomic E-state index is 16.3. The van der Waals surface area contributed by atoms with Crippen molar-refractivity contribution in [3.05, 3.63) is 72.3 Å². The van der Waals surface area contributed by atoms with Crippen LogP contribution in [0, 0.1) is 17.5 Å². The van der Waals surface area contributed by atoms with Gasteiger partial charge < -0.3 is 10.6 Å². The van der Waals surface area contributed by atoms with E-state index in [9.17, 15) is 22.0 Å². The second kappa shape index (κ2) is 10.8. The Morgan fingerprint density at radius 2 is 1.82 bits per heavy atom. The lowest BCUT2D eigenvalue weighted by Crippen LogP contribution is -2.43. The fraction of sp³-hybridized carbons (Fsp3) is 0.200. The molecule has 2 N–H and O–H groups in total. The van der Waals surface area contributed by atoms with E-state index in [0.717, 1.165) is 12.1 Å². The molecule has 0 spiro atoms. The van der Waals surface area contributed by atoms with Gasteiger partial charge in [0, 0.05) is 30.1 Å². The predicted octanol–water partition coefficient (Wildman–Crippen LogP) is 3.31. The second-order valence-electron chi connectivity index (χ2n) is 8.66.